The van der Waals surface area contributed by atoms with Gasteiger partial charge in [0.1, 0.15) is 12.2 Å². The SMILES string of the molecule is CC(C)CN(C[C@@H](O)[C@@H](OC(N)=O)C(C1=C2CCO[C@@H]2OC=C1)C1CCCCC1)S(=O)(=O)c1ccc(CO)cc1. The Morgan fingerprint density at radius 2 is 1.85 bits per heavy atom. The molecule has 2 fully saturated rings. The minimum atomic E-state index is -4.01. The lowest BCUT2D eigenvalue weighted by molar-refractivity contribution is -0.0577. The summed E-state index contributed by atoms with van der Waals surface area (Å²) in [5, 5.41) is 21.1. The van der Waals surface area contributed by atoms with Crippen LogP contribution in [0.4, 0.5) is 4.79 Å². The number of hydrogen-bond donors (Lipinski definition) is 3. The molecule has 3 aliphatic rings. The number of ether oxygens (including phenoxy) is 3. The van der Waals surface area contributed by atoms with Crippen LogP contribution in [0.5, 0.6) is 0 Å². The second-order valence-corrected chi connectivity index (χ2v) is 13.2. The van der Waals surface area contributed by atoms with Crippen LogP contribution in [0.25, 0.3) is 0 Å². The zero-order chi connectivity index (χ0) is 28.9. The monoisotopic (exact) mass is 578 g/mol. The number of fused-ring (bicyclic) bond motifs is 1. The number of hydrogen-bond acceptors (Lipinski definition) is 8. The van der Waals surface area contributed by atoms with Crippen molar-refractivity contribution in [1.82, 2.24) is 4.31 Å². The molecule has 4 atom stereocenters. The van der Waals surface area contributed by atoms with Crippen LogP contribution < -0.4 is 5.73 Å². The molecule has 1 aromatic rings. The topological polar surface area (TPSA) is 149 Å². The Morgan fingerprint density at radius 1 is 1.15 bits per heavy atom. The summed E-state index contributed by atoms with van der Waals surface area (Å²) in [7, 11) is -4.01. The summed E-state index contributed by atoms with van der Waals surface area (Å²) in [5.41, 5.74) is 8.00. The summed E-state index contributed by atoms with van der Waals surface area (Å²) in [6.45, 7) is 3.95. The summed E-state index contributed by atoms with van der Waals surface area (Å²) < 4.78 is 45.8. The van der Waals surface area contributed by atoms with Gasteiger partial charge in [-0.1, -0.05) is 45.2 Å². The molecule has 1 aromatic carbocycles. The number of sulfonamides is 1. The Bertz CT molecular complexity index is 1170. The summed E-state index contributed by atoms with van der Waals surface area (Å²) in [4.78, 5) is 12.3. The van der Waals surface area contributed by atoms with Crippen molar-refractivity contribution in [2.75, 3.05) is 19.7 Å². The number of allylic oxidation sites excluding steroid dienone is 1. The van der Waals surface area contributed by atoms with E-state index in [1.165, 1.54) is 16.4 Å². The number of carbonyl (C=O) groups excluding carboxylic acids is 1. The lowest BCUT2D eigenvalue weighted by atomic mass is 9.71. The van der Waals surface area contributed by atoms with Gasteiger partial charge in [-0.3, -0.25) is 0 Å². The van der Waals surface area contributed by atoms with Gasteiger partial charge in [-0.25, -0.2) is 13.2 Å². The van der Waals surface area contributed by atoms with Gasteiger partial charge in [0.25, 0.3) is 0 Å². The number of aliphatic hydroxyl groups excluding tert-OH is 2. The predicted molar refractivity (Wildman–Crippen MR) is 148 cm³/mol. The van der Waals surface area contributed by atoms with Crippen LogP contribution >= 0.6 is 0 Å². The molecule has 11 heteroatoms. The first-order chi connectivity index (χ1) is 19.1. The Morgan fingerprint density at radius 3 is 2.48 bits per heavy atom. The van der Waals surface area contributed by atoms with Crippen molar-refractivity contribution in [2.24, 2.45) is 23.5 Å². The lowest BCUT2D eigenvalue weighted by Crippen LogP contribution is -2.50. The maximum atomic E-state index is 13.7. The Kier molecular flexibility index (Phi) is 10.3. The number of primary amides is 1. The maximum Gasteiger partial charge on any atom is 0.404 e. The Labute approximate surface area is 236 Å². The van der Waals surface area contributed by atoms with Crippen LogP contribution in [-0.2, 0) is 30.8 Å². The van der Waals surface area contributed by atoms with Crippen molar-refractivity contribution in [3.05, 3.63) is 53.3 Å². The first-order valence-corrected chi connectivity index (χ1v) is 15.6. The summed E-state index contributed by atoms with van der Waals surface area (Å²) in [6.07, 6.45) is 5.03. The quantitative estimate of drug-likeness (QED) is 0.342. The molecule has 10 nitrogen and oxygen atoms in total. The molecular formula is C29H42N2O8S. The fourth-order valence-corrected chi connectivity index (χ4v) is 7.76. The molecule has 4 rings (SSSR count). The van der Waals surface area contributed by atoms with Gasteiger partial charge in [0.15, 0.2) is 0 Å². The highest BCUT2D eigenvalue weighted by Crippen LogP contribution is 2.43. The third kappa shape index (κ3) is 7.06. The third-order valence-corrected chi connectivity index (χ3v) is 9.80. The van der Waals surface area contributed by atoms with Gasteiger partial charge in [-0.2, -0.15) is 4.31 Å². The van der Waals surface area contributed by atoms with Crippen molar-refractivity contribution >= 4 is 16.1 Å². The van der Waals surface area contributed by atoms with Gasteiger partial charge >= 0.3 is 6.09 Å². The van der Waals surface area contributed by atoms with Crippen molar-refractivity contribution in [1.29, 1.82) is 0 Å². The molecule has 222 valence electrons. The molecule has 1 aliphatic carbocycles. The van der Waals surface area contributed by atoms with Gasteiger partial charge < -0.3 is 30.2 Å². The van der Waals surface area contributed by atoms with Crippen LogP contribution in [0.2, 0.25) is 0 Å². The highest BCUT2D eigenvalue weighted by atomic mass is 32.2. The average Bonchev–Trinajstić information content (AvgIpc) is 3.42. The van der Waals surface area contributed by atoms with Gasteiger partial charge in [0.05, 0.1) is 24.4 Å². The zero-order valence-electron chi connectivity index (χ0n) is 23.3. The van der Waals surface area contributed by atoms with Gasteiger partial charge in [0, 0.05) is 24.6 Å². The Hall–Kier alpha value is -2.44. The van der Waals surface area contributed by atoms with E-state index < -0.39 is 40.5 Å². The molecule has 4 N–H and O–H groups in total. The Balaban J connectivity index is 1.70. The van der Waals surface area contributed by atoms with Gasteiger partial charge in [0.2, 0.25) is 16.3 Å². The molecule has 2 aliphatic heterocycles. The predicted octanol–water partition coefficient (Wildman–Crippen LogP) is 3.43. The summed E-state index contributed by atoms with van der Waals surface area (Å²) in [6, 6.07) is 6.01. The molecule has 0 bridgehead atoms. The number of amides is 1. The van der Waals surface area contributed by atoms with E-state index in [-0.39, 0.29) is 36.4 Å². The van der Waals surface area contributed by atoms with Gasteiger partial charge in [-0.15, -0.1) is 0 Å². The summed E-state index contributed by atoms with van der Waals surface area (Å²) in [5.74, 6) is -0.349. The first kappa shape index (κ1) is 30.5. The van der Waals surface area contributed by atoms with Crippen LogP contribution in [0.3, 0.4) is 0 Å². The number of nitrogens with two attached hydrogens (primary N) is 1. The smallest absolute Gasteiger partial charge is 0.404 e. The van der Waals surface area contributed by atoms with Crippen LogP contribution in [0.15, 0.2) is 52.6 Å². The minimum absolute atomic E-state index is 0.0388. The molecule has 0 aromatic heterocycles. The molecule has 1 saturated carbocycles. The van der Waals surface area contributed by atoms with E-state index in [1.54, 1.807) is 18.4 Å². The van der Waals surface area contributed by atoms with E-state index in [9.17, 15) is 23.4 Å². The van der Waals surface area contributed by atoms with E-state index in [2.05, 4.69) is 0 Å². The molecule has 0 spiro atoms. The largest absolute Gasteiger partial charge is 0.469 e. The number of nitrogens with zero attached hydrogens (tertiary/aromatic N) is 1. The molecule has 1 unspecified atom stereocenters. The van der Waals surface area contributed by atoms with E-state index in [0.717, 1.165) is 43.3 Å². The normalized spacial score (nSPS) is 22.2. The van der Waals surface area contributed by atoms with Crippen LogP contribution in [0.1, 0.15) is 57.9 Å². The molecule has 40 heavy (non-hydrogen) atoms. The molecule has 0 radical (unpaired) electrons. The van der Waals surface area contributed by atoms with Gasteiger partial charge in [-0.05, 0) is 60.4 Å². The number of carbonyl (C=O) groups is 1. The minimum Gasteiger partial charge on any atom is -0.469 e. The lowest BCUT2D eigenvalue weighted by Gasteiger charge is -2.40. The number of benzene rings is 1. The van der Waals surface area contributed by atoms with Crippen LogP contribution in [0, 0.1) is 17.8 Å². The van der Waals surface area contributed by atoms with Crippen molar-refractivity contribution in [3.8, 4) is 0 Å². The number of rotatable bonds is 12. The van der Waals surface area contributed by atoms with E-state index in [0.29, 0.717) is 18.6 Å². The maximum absolute atomic E-state index is 13.7. The first-order valence-electron chi connectivity index (χ1n) is 14.1. The van der Waals surface area contributed by atoms with E-state index in [1.807, 2.05) is 19.9 Å². The highest BCUT2D eigenvalue weighted by Gasteiger charge is 2.44. The third-order valence-electron chi connectivity index (χ3n) is 7.95. The second-order valence-electron chi connectivity index (χ2n) is 11.3. The summed E-state index contributed by atoms with van der Waals surface area (Å²) >= 11 is 0. The van der Waals surface area contributed by atoms with Crippen molar-refractivity contribution in [3.63, 3.8) is 0 Å². The fraction of sp³-hybridized carbons (Fsp3) is 0.621. The molecule has 2 heterocycles. The standard InChI is InChI=1S/C29H42N2O8S/c1-19(2)16-31(40(35,36)22-10-8-20(18-32)9-11-22)17-25(33)27(39-29(30)34)26(21-6-4-3-5-7-21)23-12-14-37-28-24(23)13-15-38-28/h8-12,14,19,21,25-28,32-33H,3-7,13,15-18H2,1-2H3,(H2,30,34)/t25-,26?,27-,28+/m1/s1. The molecule has 1 amide bonds. The van der Waals surface area contributed by atoms with Crippen molar-refractivity contribution < 1.29 is 37.6 Å². The zero-order valence-corrected chi connectivity index (χ0v) is 24.1. The second kappa shape index (κ2) is 13.5. The van der Waals surface area contributed by atoms with E-state index in [4.69, 9.17) is 19.9 Å². The number of aliphatic hydroxyl groups is 2. The van der Waals surface area contributed by atoms with E-state index >= 15 is 0 Å². The average molecular weight is 579 g/mol. The van der Waals surface area contributed by atoms with Crippen LogP contribution in [-0.4, -0.2) is 67.2 Å². The van der Waals surface area contributed by atoms with Crippen molar-refractivity contribution in [2.45, 2.75) is 82.4 Å². The fourth-order valence-electron chi connectivity index (χ4n) is 6.14. The highest BCUT2D eigenvalue weighted by molar-refractivity contribution is 7.89. The molecule has 1 saturated heterocycles. The molecular weight excluding hydrogens is 536 g/mol.